The highest BCUT2D eigenvalue weighted by Gasteiger charge is 2.09. The Balaban J connectivity index is 2.34. The largest absolute Gasteiger partial charge is 0.379 e. The Bertz CT molecular complexity index is 136. The molecule has 1 aliphatic heterocycles. The van der Waals surface area contributed by atoms with Crippen molar-refractivity contribution in [3.05, 3.63) is 10.4 Å². The van der Waals surface area contributed by atoms with E-state index >= 15 is 0 Å². The van der Waals surface area contributed by atoms with Crippen LogP contribution in [0.3, 0.4) is 0 Å². The average molecular weight is 143 g/mol. The summed E-state index contributed by atoms with van der Waals surface area (Å²) in [6.45, 7) is 2.14. The minimum atomic E-state index is -0.146. The minimum absolute atomic E-state index is 0.146. The molecule has 0 spiro atoms. The van der Waals surface area contributed by atoms with Crippen LogP contribution in [0.25, 0.3) is 10.4 Å². The molecule has 0 aromatic carbocycles. The second-order valence-electron chi connectivity index (χ2n) is 2.01. The van der Waals surface area contributed by atoms with Gasteiger partial charge in [-0.25, -0.2) is 0 Å². The first-order valence-electron chi connectivity index (χ1n) is 3.13. The lowest BCUT2D eigenvalue weighted by atomic mass is 10.4. The van der Waals surface area contributed by atoms with Gasteiger partial charge >= 0.3 is 0 Å². The van der Waals surface area contributed by atoms with E-state index in [4.69, 9.17) is 15.0 Å². The van der Waals surface area contributed by atoms with Gasteiger partial charge in [0, 0.05) is 4.91 Å². The maximum atomic E-state index is 8.06. The van der Waals surface area contributed by atoms with Gasteiger partial charge in [0.05, 0.1) is 32.5 Å². The molecule has 10 heavy (non-hydrogen) atoms. The standard InChI is InChI=1S/C5H9N3O2/c6-8-7-5-3-9-1-2-10-4-5/h5H,1-4H2. The Morgan fingerprint density at radius 1 is 1.30 bits per heavy atom. The van der Waals surface area contributed by atoms with Crippen molar-refractivity contribution in [1.82, 2.24) is 0 Å². The maximum absolute atomic E-state index is 8.06. The Morgan fingerprint density at radius 2 is 1.90 bits per heavy atom. The molecule has 5 nitrogen and oxygen atoms in total. The zero-order chi connectivity index (χ0) is 7.23. The summed E-state index contributed by atoms with van der Waals surface area (Å²) in [6.07, 6.45) is 0. The molecule has 0 aliphatic carbocycles. The molecule has 5 heteroatoms. The van der Waals surface area contributed by atoms with E-state index in [0.717, 1.165) is 0 Å². The van der Waals surface area contributed by atoms with Crippen LogP contribution in [0.4, 0.5) is 0 Å². The van der Waals surface area contributed by atoms with Crippen molar-refractivity contribution in [3.8, 4) is 0 Å². The molecule has 0 aromatic rings. The Kier molecular flexibility index (Phi) is 3.02. The van der Waals surface area contributed by atoms with Gasteiger partial charge in [-0.3, -0.25) is 0 Å². The van der Waals surface area contributed by atoms with E-state index in [1.165, 1.54) is 0 Å². The fourth-order valence-corrected chi connectivity index (χ4v) is 0.744. The van der Waals surface area contributed by atoms with Crippen LogP contribution < -0.4 is 0 Å². The molecule has 1 rings (SSSR count). The van der Waals surface area contributed by atoms with Gasteiger partial charge in [0.1, 0.15) is 0 Å². The normalized spacial score (nSPS) is 21.2. The summed E-state index contributed by atoms with van der Waals surface area (Å²) >= 11 is 0. The van der Waals surface area contributed by atoms with Gasteiger partial charge in [0.15, 0.2) is 0 Å². The highest BCUT2D eigenvalue weighted by Crippen LogP contribution is 1.98. The molecule has 0 aromatic heterocycles. The van der Waals surface area contributed by atoms with Crippen LogP contribution in [0.2, 0.25) is 0 Å². The molecule has 0 bridgehead atoms. The monoisotopic (exact) mass is 143 g/mol. The van der Waals surface area contributed by atoms with E-state index in [9.17, 15) is 0 Å². The summed E-state index contributed by atoms with van der Waals surface area (Å²) in [7, 11) is 0. The van der Waals surface area contributed by atoms with Crippen LogP contribution >= 0.6 is 0 Å². The molecule has 1 aliphatic rings. The summed E-state index contributed by atoms with van der Waals surface area (Å²) in [5.41, 5.74) is 8.06. The number of rotatable bonds is 1. The number of azide groups is 1. The van der Waals surface area contributed by atoms with E-state index in [1.54, 1.807) is 0 Å². The van der Waals surface area contributed by atoms with E-state index in [-0.39, 0.29) is 6.04 Å². The SMILES string of the molecule is [N-]=[N+]=NC1COCCOC1. The maximum Gasteiger partial charge on any atom is 0.0841 e. The molecule has 0 saturated carbocycles. The summed E-state index contributed by atoms with van der Waals surface area (Å²) in [5, 5.41) is 3.47. The summed E-state index contributed by atoms with van der Waals surface area (Å²) < 4.78 is 10.1. The van der Waals surface area contributed by atoms with E-state index in [2.05, 4.69) is 10.0 Å². The molecule has 0 N–H and O–H groups in total. The number of ether oxygens (including phenoxy) is 2. The van der Waals surface area contributed by atoms with Crippen LogP contribution in [-0.4, -0.2) is 32.5 Å². The van der Waals surface area contributed by atoms with Gasteiger partial charge in [0.2, 0.25) is 0 Å². The van der Waals surface area contributed by atoms with Crippen LogP contribution in [0.15, 0.2) is 5.11 Å². The summed E-state index contributed by atoms with van der Waals surface area (Å²) in [5.74, 6) is 0. The van der Waals surface area contributed by atoms with Crippen LogP contribution in [0.1, 0.15) is 0 Å². The van der Waals surface area contributed by atoms with Gasteiger partial charge < -0.3 is 9.47 Å². The molecular formula is C5H9N3O2. The first-order chi connectivity index (χ1) is 4.93. The number of hydrogen-bond donors (Lipinski definition) is 0. The topological polar surface area (TPSA) is 67.2 Å². The van der Waals surface area contributed by atoms with E-state index in [1.807, 2.05) is 0 Å². The van der Waals surface area contributed by atoms with E-state index in [0.29, 0.717) is 26.4 Å². The van der Waals surface area contributed by atoms with Crippen molar-refractivity contribution >= 4 is 0 Å². The fraction of sp³-hybridized carbons (Fsp3) is 1.00. The zero-order valence-electron chi connectivity index (χ0n) is 5.56. The molecular weight excluding hydrogens is 134 g/mol. The van der Waals surface area contributed by atoms with Gasteiger partial charge in [-0.1, -0.05) is 5.11 Å². The average Bonchev–Trinajstić information content (AvgIpc) is 2.17. The van der Waals surface area contributed by atoms with Crippen molar-refractivity contribution in [2.24, 2.45) is 5.11 Å². The summed E-state index contributed by atoms with van der Waals surface area (Å²) in [6, 6.07) is -0.146. The number of nitrogens with zero attached hydrogens (tertiary/aromatic N) is 3. The second kappa shape index (κ2) is 4.11. The van der Waals surface area contributed by atoms with Crippen molar-refractivity contribution in [1.29, 1.82) is 0 Å². The predicted molar refractivity (Wildman–Crippen MR) is 34.6 cm³/mol. The van der Waals surface area contributed by atoms with Crippen LogP contribution in [-0.2, 0) is 9.47 Å². The van der Waals surface area contributed by atoms with Crippen LogP contribution in [0, 0.1) is 0 Å². The van der Waals surface area contributed by atoms with Gasteiger partial charge in [0.25, 0.3) is 0 Å². The second-order valence-corrected chi connectivity index (χ2v) is 2.01. The molecule has 0 amide bonds. The Hall–Kier alpha value is -0.770. The zero-order valence-corrected chi connectivity index (χ0v) is 5.56. The molecule has 1 fully saturated rings. The quantitative estimate of drug-likeness (QED) is 0.308. The first kappa shape index (κ1) is 7.34. The molecule has 0 unspecified atom stereocenters. The van der Waals surface area contributed by atoms with Gasteiger partial charge in [-0.15, -0.1) is 0 Å². The third-order valence-corrected chi connectivity index (χ3v) is 1.21. The van der Waals surface area contributed by atoms with Crippen molar-refractivity contribution in [3.63, 3.8) is 0 Å². The highest BCUT2D eigenvalue weighted by molar-refractivity contribution is 4.66. The molecule has 0 atom stereocenters. The smallest absolute Gasteiger partial charge is 0.0841 e. The highest BCUT2D eigenvalue weighted by atomic mass is 16.5. The van der Waals surface area contributed by atoms with Gasteiger partial charge in [-0.2, -0.15) is 0 Å². The van der Waals surface area contributed by atoms with Crippen molar-refractivity contribution in [2.75, 3.05) is 26.4 Å². The third-order valence-electron chi connectivity index (χ3n) is 1.21. The van der Waals surface area contributed by atoms with Crippen LogP contribution in [0.5, 0.6) is 0 Å². The Morgan fingerprint density at radius 3 is 2.40 bits per heavy atom. The van der Waals surface area contributed by atoms with Crippen molar-refractivity contribution < 1.29 is 9.47 Å². The fourth-order valence-electron chi connectivity index (χ4n) is 0.744. The molecule has 1 saturated heterocycles. The summed E-state index contributed by atoms with van der Waals surface area (Å²) in [4.78, 5) is 2.67. The lowest BCUT2D eigenvalue weighted by molar-refractivity contribution is 0.103. The van der Waals surface area contributed by atoms with Crippen molar-refractivity contribution in [2.45, 2.75) is 6.04 Å². The molecule has 56 valence electrons. The first-order valence-corrected chi connectivity index (χ1v) is 3.13. The molecule has 0 radical (unpaired) electrons. The predicted octanol–water partition coefficient (Wildman–Crippen LogP) is 0.712. The Labute approximate surface area is 58.6 Å². The number of hydrogen-bond acceptors (Lipinski definition) is 3. The minimum Gasteiger partial charge on any atom is -0.379 e. The lowest BCUT2D eigenvalue weighted by Gasteiger charge is -2.02. The lowest BCUT2D eigenvalue weighted by Crippen LogP contribution is -2.14. The van der Waals surface area contributed by atoms with E-state index < -0.39 is 0 Å². The third kappa shape index (κ3) is 2.23. The van der Waals surface area contributed by atoms with Gasteiger partial charge in [-0.05, 0) is 5.53 Å². The molecule has 1 heterocycles.